The summed E-state index contributed by atoms with van der Waals surface area (Å²) >= 11 is 11.0. The number of rotatable bonds is 7. The molecular weight excluding hydrogens is 389 g/mol. The van der Waals surface area contributed by atoms with Crippen molar-refractivity contribution in [2.45, 2.75) is 12.0 Å². The summed E-state index contributed by atoms with van der Waals surface area (Å²) in [7, 11) is 3.49. The predicted molar refractivity (Wildman–Crippen MR) is 107 cm³/mol. The highest BCUT2D eigenvalue weighted by Crippen LogP contribution is 2.22. The molecule has 0 bridgehead atoms. The van der Waals surface area contributed by atoms with Crippen LogP contribution in [0.2, 0.25) is 0 Å². The summed E-state index contributed by atoms with van der Waals surface area (Å²) in [6.45, 7) is 1.23. The maximum Gasteiger partial charge on any atom is 0.246 e. The number of hydrogen-bond donors (Lipinski definition) is 1. The van der Waals surface area contributed by atoms with Crippen molar-refractivity contribution in [3.63, 3.8) is 0 Å². The lowest BCUT2D eigenvalue weighted by atomic mass is 9.99. The number of nitrogens with one attached hydrogen (secondary N) is 1. The number of aryl methyl sites for hydroxylation is 1. The van der Waals surface area contributed by atoms with Crippen molar-refractivity contribution in [1.82, 2.24) is 14.8 Å². The average Bonchev–Trinajstić information content (AvgIpc) is 3.19. The molecule has 1 saturated heterocycles. The lowest BCUT2D eigenvalue weighted by Gasteiger charge is -2.29. The summed E-state index contributed by atoms with van der Waals surface area (Å²) in [6, 6.07) is 1.93. The van der Waals surface area contributed by atoms with E-state index < -0.39 is 5.54 Å². The molecule has 2 heterocycles. The van der Waals surface area contributed by atoms with E-state index in [1.807, 2.05) is 30.1 Å². The van der Waals surface area contributed by atoms with Crippen molar-refractivity contribution in [2.75, 3.05) is 26.8 Å². The second-order valence-corrected chi connectivity index (χ2v) is 7.48. The van der Waals surface area contributed by atoms with Crippen LogP contribution in [-0.4, -0.2) is 53.6 Å². The number of nitrogens with zero attached hydrogens (tertiary/aromatic N) is 2. The van der Waals surface area contributed by atoms with Crippen LogP contribution in [0.4, 0.5) is 0 Å². The molecule has 0 radical (unpaired) electrons. The van der Waals surface area contributed by atoms with E-state index in [1.165, 1.54) is 18.2 Å². The fourth-order valence-electron chi connectivity index (χ4n) is 3.00. The van der Waals surface area contributed by atoms with Gasteiger partial charge in [0.1, 0.15) is 4.49 Å². The fourth-order valence-corrected chi connectivity index (χ4v) is 3.15. The van der Waals surface area contributed by atoms with Crippen LogP contribution in [0.5, 0.6) is 0 Å². The highest BCUT2D eigenvalue weighted by molar-refractivity contribution is 6.56. The number of carbonyl (C=O) groups excluding carboxylic acids is 2. The molecule has 0 spiro atoms. The highest BCUT2D eigenvalue weighted by atomic mass is 35.5. The van der Waals surface area contributed by atoms with Crippen LogP contribution in [-0.2, 0) is 21.4 Å². The first kappa shape index (κ1) is 21.3. The van der Waals surface area contributed by atoms with Gasteiger partial charge in [0, 0.05) is 51.8 Å². The maximum atomic E-state index is 12.5. The Labute approximate surface area is 169 Å². The van der Waals surface area contributed by atoms with Crippen LogP contribution in [0.25, 0.3) is 6.08 Å². The van der Waals surface area contributed by atoms with Crippen molar-refractivity contribution in [3.05, 3.63) is 52.8 Å². The number of likely N-dealkylation sites (tertiary alicyclic amines) is 1. The standard InChI is InChI=1S/C19H23Cl2N3O3/c1-23-10-8-15(12-23)6-7-18(26)24-11-9-19(13-24,14-27-2)22-17(25)5-3-4-16(20)21/h3-8,10,12H,9,11,13-14H2,1-2H3,(H,22,25)/b5-3+,7-6+. The van der Waals surface area contributed by atoms with Crippen molar-refractivity contribution in [3.8, 4) is 0 Å². The summed E-state index contributed by atoms with van der Waals surface area (Å²) in [5.74, 6) is -0.398. The minimum absolute atomic E-state index is 0.0634. The van der Waals surface area contributed by atoms with Gasteiger partial charge in [-0.15, -0.1) is 0 Å². The molecule has 1 fully saturated rings. The van der Waals surface area contributed by atoms with E-state index >= 15 is 0 Å². The Bertz CT molecular complexity index is 766. The average molecular weight is 412 g/mol. The summed E-state index contributed by atoms with van der Waals surface area (Å²) in [5, 5.41) is 2.94. The van der Waals surface area contributed by atoms with Crippen LogP contribution in [0, 0.1) is 0 Å². The van der Waals surface area contributed by atoms with Crippen LogP contribution in [0.15, 0.2) is 47.3 Å². The van der Waals surface area contributed by atoms with E-state index in [-0.39, 0.29) is 16.3 Å². The SMILES string of the molecule is COCC1(NC(=O)/C=C/C=C(Cl)Cl)CCN(C(=O)/C=C/c2ccn(C)c2)C1. The second-order valence-electron chi connectivity index (χ2n) is 6.47. The Hall–Kier alpha value is -2.02. The zero-order valence-corrected chi connectivity index (χ0v) is 16.8. The lowest BCUT2D eigenvalue weighted by molar-refractivity contribution is -0.126. The molecule has 8 heteroatoms. The lowest BCUT2D eigenvalue weighted by Crippen LogP contribution is -2.53. The fraction of sp³-hybridized carbons (Fsp3) is 0.368. The number of ether oxygens (including phenoxy) is 1. The number of aromatic nitrogens is 1. The van der Waals surface area contributed by atoms with E-state index in [9.17, 15) is 9.59 Å². The van der Waals surface area contributed by atoms with E-state index in [4.69, 9.17) is 27.9 Å². The molecular formula is C19H23Cl2N3O3. The zero-order chi connectivity index (χ0) is 19.9. The maximum absolute atomic E-state index is 12.5. The number of hydrogen-bond acceptors (Lipinski definition) is 3. The molecule has 6 nitrogen and oxygen atoms in total. The Balaban J connectivity index is 1.99. The first-order valence-corrected chi connectivity index (χ1v) is 9.18. The quantitative estimate of drug-likeness (QED) is 0.553. The third kappa shape index (κ3) is 6.57. The van der Waals surface area contributed by atoms with Crippen molar-refractivity contribution in [1.29, 1.82) is 0 Å². The van der Waals surface area contributed by atoms with E-state index in [0.717, 1.165) is 5.56 Å². The molecule has 2 rings (SSSR count). The van der Waals surface area contributed by atoms with Crippen molar-refractivity contribution < 1.29 is 14.3 Å². The van der Waals surface area contributed by atoms with Crippen LogP contribution >= 0.6 is 23.2 Å². The van der Waals surface area contributed by atoms with Crippen LogP contribution in [0.1, 0.15) is 12.0 Å². The molecule has 1 unspecified atom stereocenters. The topological polar surface area (TPSA) is 63.6 Å². The van der Waals surface area contributed by atoms with E-state index in [0.29, 0.717) is 26.1 Å². The Kier molecular flexibility index (Phi) is 7.71. The molecule has 146 valence electrons. The van der Waals surface area contributed by atoms with Crippen molar-refractivity contribution in [2.24, 2.45) is 7.05 Å². The Morgan fingerprint density at radius 1 is 1.37 bits per heavy atom. The molecule has 0 aliphatic carbocycles. The van der Waals surface area contributed by atoms with E-state index in [1.54, 1.807) is 24.2 Å². The monoisotopic (exact) mass is 411 g/mol. The first-order valence-electron chi connectivity index (χ1n) is 8.43. The summed E-state index contributed by atoms with van der Waals surface area (Å²) in [6.07, 6.45) is 12.0. The van der Waals surface area contributed by atoms with Gasteiger partial charge in [0.25, 0.3) is 0 Å². The smallest absolute Gasteiger partial charge is 0.246 e. The van der Waals surface area contributed by atoms with Gasteiger partial charge in [-0.25, -0.2) is 0 Å². The van der Waals surface area contributed by atoms with Gasteiger partial charge in [0.2, 0.25) is 11.8 Å². The second kappa shape index (κ2) is 9.78. The zero-order valence-electron chi connectivity index (χ0n) is 15.3. The largest absolute Gasteiger partial charge is 0.382 e. The van der Waals surface area contributed by atoms with Gasteiger partial charge < -0.3 is 19.5 Å². The van der Waals surface area contributed by atoms with Crippen LogP contribution in [0.3, 0.4) is 0 Å². The molecule has 1 atom stereocenters. The molecule has 0 aromatic carbocycles. The third-order valence-electron chi connectivity index (χ3n) is 4.22. The molecule has 1 N–H and O–H groups in total. The Morgan fingerprint density at radius 2 is 2.15 bits per heavy atom. The predicted octanol–water partition coefficient (Wildman–Crippen LogP) is 2.65. The van der Waals surface area contributed by atoms with Gasteiger partial charge >= 0.3 is 0 Å². The molecule has 0 saturated carbocycles. The number of methoxy groups -OCH3 is 1. The summed E-state index contributed by atoms with van der Waals surface area (Å²) < 4.78 is 7.26. The number of halogens is 2. The molecule has 1 aliphatic rings. The minimum atomic E-state index is -0.624. The normalized spacial score (nSPS) is 19.8. The van der Waals surface area contributed by atoms with Crippen molar-refractivity contribution >= 4 is 41.1 Å². The number of allylic oxidation sites excluding steroid dienone is 2. The minimum Gasteiger partial charge on any atom is -0.382 e. The van der Waals surface area contributed by atoms with Gasteiger partial charge in [0.15, 0.2) is 0 Å². The summed E-state index contributed by atoms with van der Waals surface area (Å²) in [4.78, 5) is 26.3. The first-order chi connectivity index (χ1) is 12.8. The van der Waals surface area contributed by atoms with Gasteiger partial charge in [0.05, 0.1) is 12.1 Å². The number of carbonyl (C=O) groups is 2. The molecule has 2 amide bonds. The molecule has 1 aromatic rings. The third-order valence-corrected chi connectivity index (χ3v) is 4.47. The summed E-state index contributed by atoms with van der Waals surface area (Å²) in [5.41, 5.74) is 0.332. The van der Waals surface area contributed by atoms with Crippen LogP contribution < -0.4 is 5.32 Å². The highest BCUT2D eigenvalue weighted by Gasteiger charge is 2.40. The van der Waals surface area contributed by atoms with E-state index in [2.05, 4.69) is 5.32 Å². The van der Waals surface area contributed by atoms with Gasteiger partial charge in [-0.3, -0.25) is 9.59 Å². The van der Waals surface area contributed by atoms with Gasteiger partial charge in [-0.05, 0) is 30.2 Å². The Morgan fingerprint density at radius 3 is 2.78 bits per heavy atom. The van der Waals surface area contributed by atoms with Gasteiger partial charge in [-0.2, -0.15) is 0 Å². The number of amides is 2. The molecule has 1 aromatic heterocycles. The van der Waals surface area contributed by atoms with Gasteiger partial charge in [-0.1, -0.05) is 29.3 Å². The molecule has 27 heavy (non-hydrogen) atoms. The molecule has 1 aliphatic heterocycles.